The zero-order chi connectivity index (χ0) is 18.0. The van der Waals surface area contributed by atoms with Crippen molar-refractivity contribution in [1.82, 2.24) is 16.0 Å². The molecule has 0 heterocycles. The van der Waals surface area contributed by atoms with E-state index in [1.807, 2.05) is 0 Å². The summed E-state index contributed by atoms with van der Waals surface area (Å²) in [7, 11) is 1.57. The number of benzene rings is 1. The van der Waals surface area contributed by atoms with Gasteiger partial charge in [0.1, 0.15) is 0 Å². The Labute approximate surface area is 149 Å². The fourth-order valence-corrected chi connectivity index (χ4v) is 1.84. The summed E-state index contributed by atoms with van der Waals surface area (Å²) in [5.41, 5.74) is -1.55. The lowest BCUT2D eigenvalue weighted by molar-refractivity contribution is -0.137. The van der Waals surface area contributed by atoms with Crippen molar-refractivity contribution >= 4 is 24.2 Å². The third-order valence-corrected chi connectivity index (χ3v) is 2.99. The van der Waals surface area contributed by atoms with Crippen LogP contribution in [0.4, 0.5) is 13.2 Å². The second-order valence-corrected chi connectivity index (χ2v) is 4.82. The van der Waals surface area contributed by atoms with Crippen LogP contribution in [0.5, 0.6) is 0 Å². The lowest BCUT2D eigenvalue weighted by atomic mass is 10.1. The van der Waals surface area contributed by atoms with Crippen molar-refractivity contribution in [2.45, 2.75) is 6.18 Å². The third kappa shape index (κ3) is 8.71. The summed E-state index contributed by atoms with van der Waals surface area (Å²) in [6, 6.07) is 4.41. The summed E-state index contributed by atoms with van der Waals surface area (Å²) in [4.78, 5) is 23.4. The molecule has 0 fully saturated rings. The Morgan fingerprint density at radius 1 is 1.08 bits per heavy atom. The van der Waals surface area contributed by atoms with Gasteiger partial charge in [-0.25, -0.2) is 0 Å². The molecule has 0 aliphatic heterocycles. The molecule has 1 aromatic carbocycles. The summed E-state index contributed by atoms with van der Waals surface area (Å²) in [6.07, 6.45) is -4.63. The maximum Gasteiger partial charge on any atom is 0.417 e. The van der Waals surface area contributed by atoms with Gasteiger partial charge in [0.2, 0.25) is 5.91 Å². The molecule has 1 aromatic rings. The van der Waals surface area contributed by atoms with Gasteiger partial charge in [-0.1, -0.05) is 12.1 Å². The van der Waals surface area contributed by atoms with Gasteiger partial charge < -0.3 is 20.7 Å². The highest BCUT2D eigenvalue weighted by Crippen LogP contribution is 2.31. The molecule has 0 radical (unpaired) electrons. The number of halogens is 4. The second-order valence-electron chi connectivity index (χ2n) is 4.82. The number of amides is 2. The molecule has 6 nitrogen and oxygen atoms in total. The van der Waals surface area contributed by atoms with Crippen LogP contribution in [0.15, 0.2) is 24.3 Å². The number of nitrogens with one attached hydrogen (secondary N) is 3. The molecule has 0 bridgehead atoms. The largest absolute Gasteiger partial charge is 0.417 e. The molecule has 0 atom stereocenters. The molecule has 0 aliphatic rings. The number of carbonyl (C=O) groups is 2. The first-order valence-corrected chi connectivity index (χ1v) is 7.27. The van der Waals surface area contributed by atoms with Crippen LogP contribution in [0.2, 0.25) is 0 Å². The van der Waals surface area contributed by atoms with Gasteiger partial charge in [-0.05, 0) is 12.1 Å². The Bertz CT molecular complexity index is 556. The number of alkyl halides is 3. The fourth-order valence-electron chi connectivity index (χ4n) is 1.84. The number of carbonyl (C=O) groups excluding carboxylic acids is 2. The zero-order valence-electron chi connectivity index (χ0n) is 13.6. The van der Waals surface area contributed by atoms with E-state index in [1.165, 1.54) is 12.1 Å². The first kappa shape index (κ1) is 23.2. The Kier molecular flexibility index (Phi) is 10.8. The molecule has 0 saturated heterocycles. The van der Waals surface area contributed by atoms with Gasteiger partial charge in [0.25, 0.3) is 5.91 Å². The zero-order valence-corrected chi connectivity index (χ0v) is 14.4. The van der Waals surface area contributed by atoms with Gasteiger partial charge in [-0.15, -0.1) is 12.4 Å². The Morgan fingerprint density at radius 3 is 2.40 bits per heavy atom. The average Bonchev–Trinajstić information content (AvgIpc) is 2.55. The van der Waals surface area contributed by atoms with Crippen molar-refractivity contribution in [2.24, 2.45) is 0 Å². The monoisotopic (exact) mass is 383 g/mol. The lowest BCUT2D eigenvalue weighted by Gasteiger charge is -2.12. The summed E-state index contributed by atoms with van der Waals surface area (Å²) >= 11 is 0. The third-order valence-electron chi connectivity index (χ3n) is 2.99. The van der Waals surface area contributed by atoms with Gasteiger partial charge in [0, 0.05) is 26.7 Å². The van der Waals surface area contributed by atoms with Crippen LogP contribution in [0.3, 0.4) is 0 Å². The number of hydrogen-bond donors (Lipinski definition) is 3. The van der Waals surface area contributed by atoms with Gasteiger partial charge >= 0.3 is 6.18 Å². The molecule has 0 saturated carbocycles. The van der Waals surface area contributed by atoms with Gasteiger partial charge in [-0.2, -0.15) is 13.2 Å². The van der Waals surface area contributed by atoms with E-state index in [9.17, 15) is 22.8 Å². The molecule has 0 unspecified atom stereocenters. The smallest absolute Gasteiger partial charge is 0.383 e. The highest BCUT2D eigenvalue weighted by atomic mass is 35.5. The van der Waals surface area contributed by atoms with Gasteiger partial charge in [0.05, 0.1) is 24.3 Å². The van der Waals surface area contributed by atoms with E-state index in [0.717, 1.165) is 12.1 Å². The van der Waals surface area contributed by atoms with Crippen LogP contribution >= 0.6 is 12.4 Å². The molecule has 1 rings (SSSR count). The number of rotatable bonds is 9. The van der Waals surface area contributed by atoms with Crippen LogP contribution < -0.4 is 16.0 Å². The molecular weight excluding hydrogens is 363 g/mol. The predicted molar refractivity (Wildman–Crippen MR) is 88.8 cm³/mol. The van der Waals surface area contributed by atoms with E-state index in [4.69, 9.17) is 4.74 Å². The van der Waals surface area contributed by atoms with E-state index < -0.39 is 35.7 Å². The van der Waals surface area contributed by atoms with E-state index in [0.29, 0.717) is 26.2 Å². The molecule has 142 valence electrons. The van der Waals surface area contributed by atoms with Crippen molar-refractivity contribution in [1.29, 1.82) is 0 Å². The maximum absolute atomic E-state index is 12.8. The lowest BCUT2D eigenvalue weighted by Crippen LogP contribution is -2.40. The minimum absolute atomic E-state index is 0. The SMILES string of the molecule is COCCNCCNC(=O)CNC(=O)c1ccccc1C(F)(F)F.Cl. The maximum atomic E-state index is 12.8. The van der Waals surface area contributed by atoms with Crippen molar-refractivity contribution in [3.63, 3.8) is 0 Å². The first-order chi connectivity index (χ1) is 11.4. The van der Waals surface area contributed by atoms with E-state index in [-0.39, 0.29) is 12.4 Å². The summed E-state index contributed by atoms with van der Waals surface area (Å²) in [5.74, 6) is -1.43. The van der Waals surface area contributed by atoms with Crippen LogP contribution in [-0.2, 0) is 15.7 Å². The second kappa shape index (κ2) is 11.7. The van der Waals surface area contributed by atoms with Crippen LogP contribution in [0, 0.1) is 0 Å². The summed E-state index contributed by atoms with van der Waals surface area (Å²) in [5, 5.41) is 7.72. The van der Waals surface area contributed by atoms with Crippen molar-refractivity contribution in [3.05, 3.63) is 35.4 Å². The number of methoxy groups -OCH3 is 1. The van der Waals surface area contributed by atoms with Gasteiger partial charge in [-0.3, -0.25) is 9.59 Å². The van der Waals surface area contributed by atoms with E-state index in [1.54, 1.807) is 7.11 Å². The molecule has 10 heteroatoms. The van der Waals surface area contributed by atoms with Gasteiger partial charge in [0.15, 0.2) is 0 Å². The van der Waals surface area contributed by atoms with Crippen molar-refractivity contribution in [2.75, 3.05) is 39.9 Å². The predicted octanol–water partition coefficient (Wildman–Crippen LogP) is 1.21. The van der Waals surface area contributed by atoms with Crippen molar-refractivity contribution < 1.29 is 27.5 Å². The number of hydrogen-bond acceptors (Lipinski definition) is 4. The van der Waals surface area contributed by atoms with Crippen molar-refractivity contribution in [3.8, 4) is 0 Å². The standard InChI is InChI=1S/C15H20F3N3O3.ClH/c1-24-9-8-19-6-7-20-13(22)10-21-14(23)11-4-2-3-5-12(11)15(16,17)18;/h2-5,19H,6-10H2,1H3,(H,20,22)(H,21,23);1H. The topological polar surface area (TPSA) is 79.5 Å². The number of ether oxygens (including phenoxy) is 1. The normalized spacial score (nSPS) is 10.7. The highest BCUT2D eigenvalue weighted by Gasteiger charge is 2.34. The molecule has 3 N–H and O–H groups in total. The van der Waals surface area contributed by atoms with E-state index >= 15 is 0 Å². The molecule has 0 spiro atoms. The Morgan fingerprint density at radius 2 is 1.76 bits per heavy atom. The molecular formula is C15H21ClF3N3O3. The Balaban J connectivity index is 0.00000576. The quantitative estimate of drug-likeness (QED) is 0.560. The van der Waals surface area contributed by atoms with Crippen LogP contribution in [-0.4, -0.2) is 51.7 Å². The molecule has 0 aromatic heterocycles. The van der Waals surface area contributed by atoms with Crippen LogP contribution in [0.25, 0.3) is 0 Å². The fraction of sp³-hybridized carbons (Fsp3) is 0.467. The summed E-state index contributed by atoms with van der Waals surface area (Å²) in [6.45, 7) is 1.63. The average molecular weight is 384 g/mol. The summed E-state index contributed by atoms with van der Waals surface area (Å²) < 4.78 is 43.3. The minimum Gasteiger partial charge on any atom is -0.383 e. The molecule has 25 heavy (non-hydrogen) atoms. The minimum atomic E-state index is -4.63. The highest BCUT2D eigenvalue weighted by molar-refractivity contribution is 5.97. The van der Waals surface area contributed by atoms with Crippen LogP contribution in [0.1, 0.15) is 15.9 Å². The first-order valence-electron chi connectivity index (χ1n) is 7.27. The van der Waals surface area contributed by atoms with E-state index in [2.05, 4.69) is 16.0 Å². The molecule has 0 aliphatic carbocycles. The Hall–Kier alpha value is -1.84. The molecule has 2 amide bonds.